The van der Waals surface area contributed by atoms with E-state index in [0.29, 0.717) is 12.3 Å². The van der Waals surface area contributed by atoms with Gasteiger partial charge in [0.05, 0.1) is 12.0 Å². The molecule has 0 bridgehead atoms. The molecule has 2 N–H and O–H groups in total. The molecular formula is C13H24N2O2. The van der Waals surface area contributed by atoms with E-state index in [2.05, 4.69) is 6.92 Å². The van der Waals surface area contributed by atoms with E-state index in [0.717, 1.165) is 32.4 Å². The summed E-state index contributed by atoms with van der Waals surface area (Å²) in [6.45, 7) is 3.74. The van der Waals surface area contributed by atoms with Gasteiger partial charge in [-0.3, -0.25) is 4.79 Å². The summed E-state index contributed by atoms with van der Waals surface area (Å²) in [4.78, 5) is 14.2. The summed E-state index contributed by atoms with van der Waals surface area (Å²) >= 11 is 0. The highest BCUT2D eigenvalue weighted by Crippen LogP contribution is 2.38. The van der Waals surface area contributed by atoms with Gasteiger partial charge in [0.2, 0.25) is 5.91 Å². The first-order valence-corrected chi connectivity index (χ1v) is 6.65. The fraction of sp³-hybridized carbons (Fsp3) is 0.923. The van der Waals surface area contributed by atoms with Crippen molar-refractivity contribution in [2.75, 3.05) is 20.2 Å². The van der Waals surface area contributed by atoms with Crippen LogP contribution in [0.15, 0.2) is 0 Å². The molecule has 2 aliphatic rings. The standard InChI is InChI=1S/C13H24N2O2/c1-10-9-15(7-4-11(10)14)12(16)8-13(17-2)5-3-6-13/h10-11H,3-9,14H2,1-2H3. The Morgan fingerprint density at radius 1 is 1.53 bits per heavy atom. The zero-order chi connectivity index (χ0) is 12.5. The van der Waals surface area contributed by atoms with E-state index in [9.17, 15) is 4.79 Å². The summed E-state index contributed by atoms with van der Waals surface area (Å²) in [6, 6.07) is 0.249. The number of likely N-dealkylation sites (tertiary alicyclic amines) is 1. The number of hydrogen-bond donors (Lipinski definition) is 1. The normalized spacial score (nSPS) is 32.1. The maximum atomic E-state index is 12.2. The largest absolute Gasteiger partial charge is 0.378 e. The first-order chi connectivity index (χ1) is 8.06. The Hall–Kier alpha value is -0.610. The highest BCUT2D eigenvalue weighted by atomic mass is 16.5. The van der Waals surface area contributed by atoms with Crippen LogP contribution in [-0.2, 0) is 9.53 Å². The lowest BCUT2D eigenvalue weighted by atomic mass is 9.77. The molecule has 98 valence electrons. The van der Waals surface area contributed by atoms with Gasteiger partial charge in [0.1, 0.15) is 0 Å². The Balaban J connectivity index is 1.88. The molecule has 17 heavy (non-hydrogen) atoms. The molecule has 0 radical (unpaired) electrons. The van der Waals surface area contributed by atoms with Crippen molar-refractivity contribution in [1.82, 2.24) is 4.90 Å². The van der Waals surface area contributed by atoms with Crippen molar-refractivity contribution in [2.45, 2.75) is 50.7 Å². The minimum Gasteiger partial charge on any atom is -0.378 e. The van der Waals surface area contributed by atoms with Crippen LogP contribution in [0.1, 0.15) is 39.0 Å². The molecule has 0 spiro atoms. The second-order valence-electron chi connectivity index (χ2n) is 5.69. The van der Waals surface area contributed by atoms with E-state index in [1.54, 1.807) is 7.11 Å². The first kappa shape index (κ1) is 12.8. The molecule has 0 aromatic heterocycles. The predicted molar refractivity (Wildman–Crippen MR) is 66.5 cm³/mol. The Bertz CT molecular complexity index is 284. The van der Waals surface area contributed by atoms with Crippen LogP contribution in [0.3, 0.4) is 0 Å². The molecular weight excluding hydrogens is 216 g/mol. The van der Waals surface area contributed by atoms with Gasteiger partial charge >= 0.3 is 0 Å². The van der Waals surface area contributed by atoms with Gasteiger partial charge in [0, 0.05) is 26.2 Å². The Labute approximate surface area is 103 Å². The average molecular weight is 240 g/mol. The van der Waals surface area contributed by atoms with Crippen molar-refractivity contribution in [2.24, 2.45) is 11.7 Å². The molecule has 0 aromatic rings. The van der Waals surface area contributed by atoms with Crippen LogP contribution in [0.4, 0.5) is 0 Å². The van der Waals surface area contributed by atoms with Crippen LogP contribution < -0.4 is 5.73 Å². The summed E-state index contributed by atoms with van der Waals surface area (Å²) in [6.07, 6.45) is 4.71. The van der Waals surface area contributed by atoms with E-state index < -0.39 is 0 Å². The Morgan fingerprint density at radius 2 is 2.24 bits per heavy atom. The van der Waals surface area contributed by atoms with Gasteiger partial charge < -0.3 is 15.4 Å². The van der Waals surface area contributed by atoms with E-state index in [1.165, 1.54) is 6.42 Å². The fourth-order valence-corrected chi connectivity index (χ4v) is 2.80. The number of nitrogens with two attached hydrogens (primary N) is 1. The lowest BCUT2D eigenvalue weighted by Gasteiger charge is -2.42. The number of nitrogens with zero attached hydrogens (tertiary/aromatic N) is 1. The van der Waals surface area contributed by atoms with Gasteiger partial charge in [-0.1, -0.05) is 6.92 Å². The van der Waals surface area contributed by atoms with Crippen LogP contribution >= 0.6 is 0 Å². The van der Waals surface area contributed by atoms with Crippen LogP contribution in [0.25, 0.3) is 0 Å². The highest BCUT2D eigenvalue weighted by Gasteiger charge is 2.40. The molecule has 1 heterocycles. The highest BCUT2D eigenvalue weighted by molar-refractivity contribution is 5.77. The Kier molecular flexibility index (Phi) is 3.73. The molecule has 2 atom stereocenters. The molecule has 1 aliphatic heterocycles. The van der Waals surface area contributed by atoms with Gasteiger partial charge in [-0.15, -0.1) is 0 Å². The van der Waals surface area contributed by atoms with E-state index in [4.69, 9.17) is 10.5 Å². The number of carbonyl (C=O) groups excluding carboxylic acids is 1. The van der Waals surface area contributed by atoms with Gasteiger partial charge in [-0.2, -0.15) is 0 Å². The van der Waals surface area contributed by atoms with Crippen molar-refractivity contribution < 1.29 is 9.53 Å². The maximum absolute atomic E-state index is 12.2. The van der Waals surface area contributed by atoms with Gasteiger partial charge in [-0.25, -0.2) is 0 Å². The monoisotopic (exact) mass is 240 g/mol. The number of carbonyl (C=O) groups is 1. The molecule has 2 fully saturated rings. The van der Waals surface area contributed by atoms with Crippen molar-refractivity contribution in [3.63, 3.8) is 0 Å². The van der Waals surface area contributed by atoms with E-state index in [1.807, 2.05) is 4.90 Å². The number of piperidine rings is 1. The number of hydrogen-bond acceptors (Lipinski definition) is 3. The topological polar surface area (TPSA) is 55.6 Å². The molecule has 4 heteroatoms. The summed E-state index contributed by atoms with van der Waals surface area (Å²) in [5, 5.41) is 0. The third-order valence-corrected chi connectivity index (χ3v) is 4.50. The zero-order valence-electron chi connectivity index (χ0n) is 10.9. The molecule has 1 saturated carbocycles. The van der Waals surface area contributed by atoms with Crippen LogP contribution in [-0.4, -0.2) is 42.6 Å². The van der Waals surface area contributed by atoms with Crippen LogP contribution in [0, 0.1) is 5.92 Å². The van der Waals surface area contributed by atoms with Crippen molar-refractivity contribution in [1.29, 1.82) is 0 Å². The number of rotatable bonds is 3. The lowest BCUT2D eigenvalue weighted by Crippen LogP contribution is -2.51. The van der Waals surface area contributed by atoms with Gasteiger partial charge in [0.25, 0.3) is 0 Å². The third-order valence-electron chi connectivity index (χ3n) is 4.50. The SMILES string of the molecule is COC1(CC(=O)N2CCC(N)C(C)C2)CCC1. The van der Waals surface area contributed by atoms with Crippen LogP contribution in [0.5, 0.6) is 0 Å². The quantitative estimate of drug-likeness (QED) is 0.805. The van der Waals surface area contributed by atoms with Crippen molar-refractivity contribution in [3.8, 4) is 0 Å². The number of ether oxygens (including phenoxy) is 1. The molecule has 0 aromatic carbocycles. The minimum atomic E-state index is -0.153. The molecule has 1 aliphatic carbocycles. The predicted octanol–water partition coefficient (Wildman–Crippen LogP) is 1.14. The second kappa shape index (κ2) is 4.94. The van der Waals surface area contributed by atoms with E-state index in [-0.39, 0.29) is 17.6 Å². The summed E-state index contributed by atoms with van der Waals surface area (Å²) in [5.41, 5.74) is 5.82. The molecule has 2 unspecified atom stereocenters. The van der Waals surface area contributed by atoms with Gasteiger partial charge in [-0.05, 0) is 31.6 Å². The second-order valence-corrected chi connectivity index (χ2v) is 5.69. The average Bonchev–Trinajstić information content (AvgIpc) is 2.27. The van der Waals surface area contributed by atoms with E-state index >= 15 is 0 Å². The van der Waals surface area contributed by atoms with Crippen molar-refractivity contribution >= 4 is 5.91 Å². The third kappa shape index (κ3) is 2.63. The van der Waals surface area contributed by atoms with Gasteiger partial charge in [0.15, 0.2) is 0 Å². The zero-order valence-corrected chi connectivity index (χ0v) is 10.9. The smallest absolute Gasteiger partial charge is 0.225 e. The van der Waals surface area contributed by atoms with Crippen molar-refractivity contribution in [3.05, 3.63) is 0 Å². The maximum Gasteiger partial charge on any atom is 0.225 e. The fourth-order valence-electron chi connectivity index (χ4n) is 2.80. The molecule has 1 amide bonds. The summed E-state index contributed by atoms with van der Waals surface area (Å²) in [5.74, 6) is 0.651. The molecule has 4 nitrogen and oxygen atoms in total. The van der Waals surface area contributed by atoms with Crippen LogP contribution in [0.2, 0.25) is 0 Å². The molecule has 1 saturated heterocycles. The number of methoxy groups -OCH3 is 1. The minimum absolute atomic E-state index is 0.153. The molecule has 2 rings (SSSR count). The summed E-state index contributed by atoms with van der Waals surface area (Å²) in [7, 11) is 1.72. The first-order valence-electron chi connectivity index (χ1n) is 6.65. The Morgan fingerprint density at radius 3 is 2.71 bits per heavy atom. The number of amides is 1. The summed E-state index contributed by atoms with van der Waals surface area (Å²) < 4.78 is 5.51. The lowest BCUT2D eigenvalue weighted by molar-refractivity contribution is -0.145.